The van der Waals surface area contributed by atoms with Crippen LogP contribution in [0.25, 0.3) is 0 Å². The molecule has 1 aliphatic heterocycles. The maximum Gasteiger partial charge on any atom is 0.260 e. The van der Waals surface area contributed by atoms with Gasteiger partial charge in [-0.1, -0.05) is 29.8 Å². The topological polar surface area (TPSA) is 49.9 Å². The summed E-state index contributed by atoms with van der Waals surface area (Å²) in [5, 5.41) is 0.659. The molecule has 0 atom stereocenters. The van der Waals surface area contributed by atoms with Gasteiger partial charge in [0.1, 0.15) is 5.75 Å². The molecular weight excluding hydrogens is 376 g/mol. The zero-order valence-electron chi connectivity index (χ0n) is 16.3. The van der Waals surface area contributed by atoms with E-state index in [2.05, 4.69) is 0 Å². The predicted octanol–water partition coefficient (Wildman–Crippen LogP) is 3.25. The molecule has 5 nitrogen and oxygen atoms in total. The quantitative estimate of drug-likeness (QED) is 0.774. The van der Waals surface area contributed by atoms with Gasteiger partial charge in [-0.25, -0.2) is 0 Å². The van der Waals surface area contributed by atoms with Crippen molar-refractivity contribution < 1.29 is 14.3 Å². The van der Waals surface area contributed by atoms with E-state index in [1.165, 1.54) is 5.56 Å². The molecule has 2 amide bonds. The lowest BCUT2D eigenvalue weighted by Gasteiger charge is -2.34. The fourth-order valence-corrected chi connectivity index (χ4v) is 3.26. The molecule has 0 N–H and O–H groups in total. The number of carbonyl (C=O) groups excluding carboxylic acids is 2. The number of carbonyl (C=O) groups is 2. The van der Waals surface area contributed by atoms with E-state index in [1.54, 1.807) is 17.0 Å². The second-order valence-electron chi connectivity index (χ2n) is 7.10. The summed E-state index contributed by atoms with van der Waals surface area (Å²) in [6.07, 6.45) is 0.348. The summed E-state index contributed by atoms with van der Waals surface area (Å²) >= 11 is 5.88. The van der Waals surface area contributed by atoms with Crippen LogP contribution in [-0.2, 0) is 16.0 Å². The molecule has 0 bridgehead atoms. The van der Waals surface area contributed by atoms with Gasteiger partial charge in [-0.15, -0.1) is 0 Å². The fourth-order valence-electron chi connectivity index (χ4n) is 3.13. The molecule has 0 spiro atoms. The van der Waals surface area contributed by atoms with E-state index in [9.17, 15) is 9.59 Å². The molecule has 6 heteroatoms. The highest BCUT2D eigenvalue weighted by Crippen LogP contribution is 2.17. The number of nitrogens with zero attached hydrogens (tertiary/aromatic N) is 2. The van der Waals surface area contributed by atoms with Crippen LogP contribution in [0.1, 0.15) is 16.7 Å². The molecule has 1 fully saturated rings. The van der Waals surface area contributed by atoms with Gasteiger partial charge in [-0.05, 0) is 54.8 Å². The zero-order valence-corrected chi connectivity index (χ0v) is 17.0. The van der Waals surface area contributed by atoms with Crippen molar-refractivity contribution >= 4 is 23.4 Å². The van der Waals surface area contributed by atoms with Crippen molar-refractivity contribution in [3.63, 3.8) is 0 Å². The van der Waals surface area contributed by atoms with Crippen LogP contribution in [0.2, 0.25) is 5.02 Å². The number of aryl methyl sites for hydroxylation is 2. The van der Waals surface area contributed by atoms with Crippen molar-refractivity contribution in [1.29, 1.82) is 0 Å². The third-order valence-electron chi connectivity index (χ3n) is 5.09. The minimum absolute atomic E-state index is 0.0151. The summed E-state index contributed by atoms with van der Waals surface area (Å²) in [6, 6.07) is 13.1. The van der Waals surface area contributed by atoms with Crippen molar-refractivity contribution in [3.8, 4) is 5.75 Å². The number of hydrogen-bond donors (Lipinski definition) is 0. The van der Waals surface area contributed by atoms with Crippen LogP contribution in [0.15, 0.2) is 42.5 Å². The first-order valence-corrected chi connectivity index (χ1v) is 9.80. The summed E-state index contributed by atoms with van der Waals surface area (Å²) in [4.78, 5) is 28.4. The summed E-state index contributed by atoms with van der Waals surface area (Å²) in [5.74, 6) is 0.719. The normalized spacial score (nSPS) is 14.1. The Hall–Kier alpha value is -2.53. The summed E-state index contributed by atoms with van der Waals surface area (Å²) < 4.78 is 5.64. The molecule has 1 aliphatic rings. The number of ether oxygens (including phenoxy) is 1. The van der Waals surface area contributed by atoms with E-state index < -0.39 is 0 Å². The highest BCUT2D eigenvalue weighted by atomic mass is 35.5. The molecule has 0 saturated carbocycles. The Bertz CT molecular complexity index is 843. The highest BCUT2D eigenvalue weighted by molar-refractivity contribution is 6.30. The first kappa shape index (κ1) is 20.2. The Morgan fingerprint density at radius 3 is 2.11 bits per heavy atom. The lowest BCUT2D eigenvalue weighted by Crippen LogP contribution is -2.52. The average Bonchev–Trinajstić information content (AvgIpc) is 2.70. The molecule has 148 valence electrons. The summed E-state index contributed by atoms with van der Waals surface area (Å²) in [6.45, 7) is 6.22. The average molecular weight is 401 g/mol. The molecule has 1 heterocycles. The number of rotatable bonds is 5. The second-order valence-corrected chi connectivity index (χ2v) is 7.54. The van der Waals surface area contributed by atoms with E-state index in [1.807, 2.05) is 49.1 Å². The van der Waals surface area contributed by atoms with E-state index >= 15 is 0 Å². The molecule has 0 radical (unpaired) electrons. The molecule has 2 aromatic carbocycles. The molecule has 0 aliphatic carbocycles. The van der Waals surface area contributed by atoms with Crippen LogP contribution in [0, 0.1) is 13.8 Å². The second kappa shape index (κ2) is 9.11. The van der Waals surface area contributed by atoms with E-state index in [-0.39, 0.29) is 18.4 Å². The van der Waals surface area contributed by atoms with Gasteiger partial charge in [0.25, 0.3) is 5.91 Å². The smallest absolute Gasteiger partial charge is 0.260 e. The molecule has 0 aromatic heterocycles. The lowest BCUT2D eigenvalue weighted by atomic mass is 10.1. The van der Waals surface area contributed by atoms with Gasteiger partial charge in [0.15, 0.2) is 6.61 Å². The van der Waals surface area contributed by atoms with Crippen molar-refractivity contribution in [1.82, 2.24) is 9.80 Å². The Morgan fingerprint density at radius 1 is 0.893 bits per heavy atom. The van der Waals surface area contributed by atoms with Gasteiger partial charge in [0, 0.05) is 31.2 Å². The molecule has 28 heavy (non-hydrogen) atoms. The van der Waals surface area contributed by atoms with Gasteiger partial charge < -0.3 is 14.5 Å². The maximum absolute atomic E-state index is 12.5. The van der Waals surface area contributed by atoms with Crippen LogP contribution in [-0.4, -0.2) is 54.4 Å². The van der Waals surface area contributed by atoms with E-state index in [0.29, 0.717) is 43.4 Å². The zero-order chi connectivity index (χ0) is 20.1. The van der Waals surface area contributed by atoms with Crippen LogP contribution >= 0.6 is 11.6 Å². The number of piperazine rings is 1. The fraction of sp³-hybridized carbons (Fsp3) is 0.364. The maximum atomic E-state index is 12.5. The molecular formula is C22H25ClN2O3. The van der Waals surface area contributed by atoms with Gasteiger partial charge in [0.2, 0.25) is 5.91 Å². The van der Waals surface area contributed by atoms with Crippen LogP contribution in [0.5, 0.6) is 5.75 Å². The first-order valence-electron chi connectivity index (χ1n) is 9.42. The molecule has 2 aromatic rings. The van der Waals surface area contributed by atoms with Gasteiger partial charge in [-0.3, -0.25) is 9.59 Å². The molecule has 0 unspecified atom stereocenters. The predicted molar refractivity (Wildman–Crippen MR) is 110 cm³/mol. The van der Waals surface area contributed by atoms with Gasteiger partial charge >= 0.3 is 0 Å². The van der Waals surface area contributed by atoms with Crippen molar-refractivity contribution in [2.75, 3.05) is 32.8 Å². The molecule has 3 rings (SSSR count). The third-order valence-corrected chi connectivity index (χ3v) is 5.35. The first-order chi connectivity index (χ1) is 13.4. The number of benzene rings is 2. The van der Waals surface area contributed by atoms with Crippen molar-refractivity contribution in [2.24, 2.45) is 0 Å². The number of hydrogen-bond acceptors (Lipinski definition) is 3. The Balaban J connectivity index is 1.44. The van der Waals surface area contributed by atoms with E-state index in [4.69, 9.17) is 16.3 Å². The monoisotopic (exact) mass is 400 g/mol. The lowest BCUT2D eigenvalue weighted by molar-refractivity contribution is -0.140. The Morgan fingerprint density at radius 2 is 1.50 bits per heavy atom. The standard InChI is InChI=1S/C22H25ClN2O3/c1-16-3-8-20(13-17(16)2)28-15-22(27)25-11-9-24(10-12-25)21(26)14-18-4-6-19(23)7-5-18/h3-8,13H,9-12,14-15H2,1-2H3. The van der Waals surface area contributed by atoms with Crippen LogP contribution < -0.4 is 4.74 Å². The van der Waals surface area contributed by atoms with Gasteiger partial charge in [-0.2, -0.15) is 0 Å². The molecule has 1 saturated heterocycles. The summed E-state index contributed by atoms with van der Waals surface area (Å²) in [7, 11) is 0. The minimum atomic E-state index is -0.0528. The highest BCUT2D eigenvalue weighted by Gasteiger charge is 2.24. The van der Waals surface area contributed by atoms with Crippen LogP contribution in [0.4, 0.5) is 0 Å². The largest absolute Gasteiger partial charge is 0.484 e. The Kier molecular flexibility index (Phi) is 6.57. The van der Waals surface area contributed by atoms with Crippen molar-refractivity contribution in [3.05, 3.63) is 64.2 Å². The number of amides is 2. The minimum Gasteiger partial charge on any atom is -0.484 e. The SMILES string of the molecule is Cc1ccc(OCC(=O)N2CCN(C(=O)Cc3ccc(Cl)cc3)CC2)cc1C. The summed E-state index contributed by atoms with van der Waals surface area (Å²) in [5.41, 5.74) is 3.27. The Labute approximate surface area is 170 Å². The number of halogens is 1. The van der Waals surface area contributed by atoms with E-state index in [0.717, 1.165) is 11.1 Å². The van der Waals surface area contributed by atoms with Gasteiger partial charge in [0.05, 0.1) is 6.42 Å². The van der Waals surface area contributed by atoms with Crippen LogP contribution in [0.3, 0.4) is 0 Å². The van der Waals surface area contributed by atoms with Crippen molar-refractivity contribution in [2.45, 2.75) is 20.3 Å². The third kappa shape index (κ3) is 5.26.